The summed E-state index contributed by atoms with van der Waals surface area (Å²) in [5.41, 5.74) is 0.850. The van der Waals surface area contributed by atoms with Crippen LogP contribution in [0.3, 0.4) is 0 Å². The first-order valence-corrected chi connectivity index (χ1v) is 8.45. The molecule has 1 N–H and O–H groups in total. The van der Waals surface area contributed by atoms with E-state index in [0.717, 1.165) is 6.42 Å². The Morgan fingerprint density at radius 1 is 1.00 bits per heavy atom. The molecule has 4 rings (SSSR count). The maximum Gasteiger partial charge on any atom is 0.202 e. The quantitative estimate of drug-likeness (QED) is 0.599. The second-order valence-corrected chi connectivity index (χ2v) is 6.51. The van der Waals surface area contributed by atoms with Crippen LogP contribution in [-0.2, 0) is 6.42 Å². The minimum absolute atomic E-state index is 0.0429. The van der Waals surface area contributed by atoms with Gasteiger partial charge in [-0.05, 0) is 31.0 Å². The number of rotatable bonds is 2. The van der Waals surface area contributed by atoms with Gasteiger partial charge in [0.15, 0.2) is 11.2 Å². The lowest BCUT2D eigenvalue weighted by molar-refractivity contribution is 0.0977. The summed E-state index contributed by atoms with van der Waals surface area (Å²) in [6.45, 7) is 3.67. The van der Waals surface area contributed by atoms with Gasteiger partial charge >= 0.3 is 0 Å². The standard InChI is InChI=1S/C21H16O5/c1-3-5-11-9-15(23)16-10(2)8-13-18(21(16)26-11)20(25)17-12(19(13)24)6-4-7-14(17)22/h4,6-9,22H,3,5H2,1-2H3. The van der Waals surface area contributed by atoms with Gasteiger partial charge in [-0.2, -0.15) is 0 Å². The summed E-state index contributed by atoms with van der Waals surface area (Å²) < 4.78 is 5.88. The van der Waals surface area contributed by atoms with E-state index in [1.165, 1.54) is 24.3 Å². The molecule has 0 fully saturated rings. The first kappa shape index (κ1) is 16.3. The maximum absolute atomic E-state index is 13.1. The number of aryl methyl sites for hydroxylation is 2. The molecule has 1 aliphatic carbocycles. The van der Waals surface area contributed by atoms with Gasteiger partial charge in [0.2, 0.25) is 5.78 Å². The first-order valence-electron chi connectivity index (χ1n) is 8.45. The van der Waals surface area contributed by atoms with Gasteiger partial charge in [0.25, 0.3) is 0 Å². The van der Waals surface area contributed by atoms with Crippen molar-refractivity contribution in [2.45, 2.75) is 26.7 Å². The Morgan fingerprint density at radius 2 is 1.77 bits per heavy atom. The Bertz CT molecular complexity index is 1170. The van der Waals surface area contributed by atoms with Gasteiger partial charge in [0.1, 0.15) is 17.1 Å². The topological polar surface area (TPSA) is 84.6 Å². The number of hydrogen-bond acceptors (Lipinski definition) is 5. The van der Waals surface area contributed by atoms with E-state index in [1.54, 1.807) is 13.0 Å². The van der Waals surface area contributed by atoms with Crippen LogP contribution in [-0.4, -0.2) is 16.7 Å². The van der Waals surface area contributed by atoms with Crippen molar-refractivity contribution in [3.8, 4) is 5.75 Å². The van der Waals surface area contributed by atoms with Crippen molar-refractivity contribution < 1.29 is 19.1 Å². The van der Waals surface area contributed by atoms with Crippen molar-refractivity contribution in [1.29, 1.82) is 0 Å². The third kappa shape index (κ3) is 2.13. The molecule has 0 saturated carbocycles. The lowest BCUT2D eigenvalue weighted by atomic mass is 9.81. The predicted octanol–water partition coefficient (Wildman–Crippen LogP) is 3.53. The molecule has 1 aromatic heterocycles. The summed E-state index contributed by atoms with van der Waals surface area (Å²) in [6, 6.07) is 7.40. The monoisotopic (exact) mass is 348 g/mol. The third-order valence-electron chi connectivity index (χ3n) is 4.73. The largest absolute Gasteiger partial charge is 0.507 e. The summed E-state index contributed by atoms with van der Waals surface area (Å²) in [7, 11) is 0. The third-order valence-corrected chi connectivity index (χ3v) is 4.73. The highest BCUT2D eigenvalue weighted by atomic mass is 16.3. The van der Waals surface area contributed by atoms with Crippen LogP contribution >= 0.6 is 0 Å². The van der Waals surface area contributed by atoms with Crippen molar-refractivity contribution in [1.82, 2.24) is 0 Å². The number of ketones is 2. The molecule has 1 aliphatic rings. The molecule has 0 unspecified atom stereocenters. The van der Waals surface area contributed by atoms with Gasteiger partial charge < -0.3 is 9.52 Å². The van der Waals surface area contributed by atoms with E-state index in [2.05, 4.69) is 0 Å². The smallest absolute Gasteiger partial charge is 0.202 e. The first-order chi connectivity index (χ1) is 12.4. The van der Waals surface area contributed by atoms with Gasteiger partial charge in [0.05, 0.1) is 16.5 Å². The summed E-state index contributed by atoms with van der Waals surface area (Å²) in [6.07, 6.45) is 1.33. The molecule has 0 aliphatic heterocycles. The van der Waals surface area contributed by atoms with Gasteiger partial charge in [-0.25, -0.2) is 0 Å². The van der Waals surface area contributed by atoms with Crippen LogP contribution in [0.15, 0.2) is 39.5 Å². The van der Waals surface area contributed by atoms with Crippen molar-refractivity contribution in [3.63, 3.8) is 0 Å². The molecule has 5 heteroatoms. The van der Waals surface area contributed by atoms with Crippen LogP contribution in [0.5, 0.6) is 5.75 Å². The molecule has 0 spiro atoms. The van der Waals surface area contributed by atoms with Crippen molar-refractivity contribution >= 4 is 22.5 Å². The lowest BCUT2D eigenvalue weighted by Gasteiger charge is -2.20. The predicted molar refractivity (Wildman–Crippen MR) is 96.2 cm³/mol. The van der Waals surface area contributed by atoms with E-state index >= 15 is 0 Å². The Morgan fingerprint density at radius 3 is 2.50 bits per heavy atom. The normalized spacial score (nSPS) is 13.0. The van der Waals surface area contributed by atoms with Gasteiger partial charge in [0, 0.05) is 23.6 Å². The molecular weight excluding hydrogens is 332 g/mol. The number of carbonyl (C=O) groups excluding carboxylic acids is 2. The molecule has 1 heterocycles. The number of carbonyl (C=O) groups is 2. The SMILES string of the molecule is CCCc1cc(=O)c2c(C)cc3c(c2o1)C(=O)c1c(O)cccc1C3=O. The van der Waals surface area contributed by atoms with E-state index in [1.807, 2.05) is 6.92 Å². The summed E-state index contributed by atoms with van der Waals surface area (Å²) in [4.78, 5) is 38.6. The minimum Gasteiger partial charge on any atom is -0.507 e. The van der Waals surface area contributed by atoms with E-state index in [-0.39, 0.29) is 44.8 Å². The zero-order chi connectivity index (χ0) is 18.6. The van der Waals surface area contributed by atoms with E-state index in [4.69, 9.17) is 4.42 Å². The summed E-state index contributed by atoms with van der Waals surface area (Å²) in [5.74, 6) is -0.651. The molecule has 2 aromatic carbocycles. The van der Waals surface area contributed by atoms with Crippen LogP contribution < -0.4 is 5.43 Å². The highest BCUT2D eigenvalue weighted by Crippen LogP contribution is 2.36. The maximum atomic E-state index is 13.1. The minimum atomic E-state index is -0.505. The second kappa shape index (κ2) is 5.66. The lowest BCUT2D eigenvalue weighted by Crippen LogP contribution is -2.22. The summed E-state index contributed by atoms with van der Waals surface area (Å²) in [5, 5.41) is 10.4. The van der Waals surface area contributed by atoms with Gasteiger partial charge in [-0.1, -0.05) is 19.1 Å². The molecule has 5 nitrogen and oxygen atoms in total. The van der Waals surface area contributed by atoms with E-state index in [0.29, 0.717) is 23.1 Å². The van der Waals surface area contributed by atoms with Crippen LogP contribution in [0.25, 0.3) is 11.0 Å². The Balaban J connectivity index is 2.15. The molecule has 26 heavy (non-hydrogen) atoms. The van der Waals surface area contributed by atoms with E-state index < -0.39 is 5.78 Å². The molecule has 0 radical (unpaired) electrons. The van der Waals surface area contributed by atoms with Gasteiger partial charge in [-0.15, -0.1) is 0 Å². The number of benzene rings is 2. The average Bonchev–Trinajstić information content (AvgIpc) is 2.59. The van der Waals surface area contributed by atoms with Crippen molar-refractivity contribution in [2.24, 2.45) is 0 Å². The highest BCUT2D eigenvalue weighted by Gasteiger charge is 2.35. The number of phenolic OH excluding ortho intramolecular Hbond substituents is 1. The fourth-order valence-corrected chi connectivity index (χ4v) is 3.59. The number of aromatic hydroxyl groups is 1. The van der Waals surface area contributed by atoms with E-state index in [9.17, 15) is 19.5 Å². The summed E-state index contributed by atoms with van der Waals surface area (Å²) >= 11 is 0. The molecule has 3 aromatic rings. The molecule has 0 saturated heterocycles. The molecule has 0 bridgehead atoms. The Labute approximate surface area is 148 Å². The average molecular weight is 348 g/mol. The number of hydrogen-bond donors (Lipinski definition) is 1. The van der Waals surface area contributed by atoms with Crippen LogP contribution in [0.1, 0.15) is 56.5 Å². The molecule has 0 atom stereocenters. The van der Waals surface area contributed by atoms with Gasteiger partial charge in [-0.3, -0.25) is 14.4 Å². The fourth-order valence-electron chi connectivity index (χ4n) is 3.59. The highest BCUT2D eigenvalue weighted by molar-refractivity contribution is 6.32. The number of fused-ring (bicyclic) bond motifs is 4. The van der Waals surface area contributed by atoms with Crippen LogP contribution in [0.2, 0.25) is 0 Å². The van der Waals surface area contributed by atoms with Crippen LogP contribution in [0, 0.1) is 6.92 Å². The molecular formula is C21H16O5. The zero-order valence-electron chi connectivity index (χ0n) is 14.4. The van der Waals surface area contributed by atoms with Crippen LogP contribution in [0.4, 0.5) is 0 Å². The van der Waals surface area contributed by atoms with Crippen molar-refractivity contribution in [3.05, 3.63) is 74.1 Å². The fraction of sp³-hybridized carbons (Fsp3) is 0.190. The Hall–Kier alpha value is -3.21. The molecule has 130 valence electrons. The second-order valence-electron chi connectivity index (χ2n) is 6.51. The van der Waals surface area contributed by atoms with Crippen molar-refractivity contribution in [2.75, 3.05) is 0 Å². The Kier molecular flexibility index (Phi) is 3.54. The zero-order valence-corrected chi connectivity index (χ0v) is 14.4. The molecule has 0 amide bonds. The number of phenols is 1.